The zero-order valence-electron chi connectivity index (χ0n) is 11.5. The van der Waals surface area contributed by atoms with Crippen LogP contribution in [0.3, 0.4) is 0 Å². The maximum Gasteiger partial charge on any atom is 0.335 e. The molecule has 1 heterocycles. The zero-order valence-corrected chi connectivity index (χ0v) is 11.5. The van der Waals surface area contributed by atoms with Gasteiger partial charge in [-0.3, -0.25) is 4.79 Å². The SMILES string of the molecule is CC1CCC(C(=O)N(C)c2ccc(C(=O)O)cc2N)O1. The van der Waals surface area contributed by atoms with Crippen molar-refractivity contribution in [3.05, 3.63) is 23.8 Å². The Kier molecular flexibility index (Phi) is 3.94. The molecule has 1 amide bonds. The second-order valence-corrected chi connectivity index (χ2v) is 4.99. The van der Waals surface area contributed by atoms with Gasteiger partial charge in [0.1, 0.15) is 6.10 Å². The summed E-state index contributed by atoms with van der Waals surface area (Å²) < 4.78 is 5.54. The fraction of sp³-hybridized carbons (Fsp3) is 0.429. The van der Waals surface area contributed by atoms with E-state index < -0.39 is 12.1 Å². The predicted molar refractivity (Wildman–Crippen MR) is 74.8 cm³/mol. The molecule has 1 aliphatic heterocycles. The molecule has 0 aliphatic carbocycles. The van der Waals surface area contributed by atoms with E-state index in [0.29, 0.717) is 12.1 Å². The third-order valence-corrected chi connectivity index (χ3v) is 3.47. The molecule has 1 saturated heterocycles. The number of anilines is 2. The van der Waals surface area contributed by atoms with Gasteiger partial charge in [0.2, 0.25) is 0 Å². The minimum atomic E-state index is -1.05. The molecular formula is C14H18N2O4. The molecule has 2 rings (SSSR count). The van der Waals surface area contributed by atoms with Crippen LogP contribution in [-0.4, -0.2) is 36.2 Å². The number of carboxylic acids is 1. The van der Waals surface area contributed by atoms with E-state index in [1.54, 1.807) is 7.05 Å². The van der Waals surface area contributed by atoms with Gasteiger partial charge in [0, 0.05) is 7.05 Å². The standard InChI is InChI=1S/C14H18N2O4/c1-8-3-6-12(20-8)13(17)16(2)11-5-4-9(14(18)19)7-10(11)15/h4-5,7-8,12H,3,6,15H2,1-2H3,(H,18,19). The van der Waals surface area contributed by atoms with Crippen LogP contribution in [0.1, 0.15) is 30.1 Å². The van der Waals surface area contributed by atoms with Crippen LogP contribution in [0.25, 0.3) is 0 Å². The van der Waals surface area contributed by atoms with Crippen LogP contribution in [0.5, 0.6) is 0 Å². The van der Waals surface area contributed by atoms with Gasteiger partial charge in [0.15, 0.2) is 0 Å². The Hall–Kier alpha value is -2.08. The number of carboxylic acid groups (broad SMARTS) is 1. The minimum absolute atomic E-state index is 0.0871. The van der Waals surface area contributed by atoms with Gasteiger partial charge in [-0.2, -0.15) is 0 Å². The second kappa shape index (κ2) is 5.50. The third-order valence-electron chi connectivity index (χ3n) is 3.47. The van der Waals surface area contributed by atoms with E-state index in [4.69, 9.17) is 15.6 Å². The van der Waals surface area contributed by atoms with Crippen LogP contribution in [0.15, 0.2) is 18.2 Å². The summed E-state index contributed by atoms with van der Waals surface area (Å²) >= 11 is 0. The van der Waals surface area contributed by atoms with Gasteiger partial charge in [-0.15, -0.1) is 0 Å². The van der Waals surface area contributed by atoms with Gasteiger partial charge < -0.3 is 20.5 Å². The molecule has 3 N–H and O–H groups in total. The Morgan fingerprint density at radius 3 is 2.60 bits per heavy atom. The number of hydrogen-bond acceptors (Lipinski definition) is 4. The molecule has 2 unspecified atom stereocenters. The van der Waals surface area contributed by atoms with Crippen LogP contribution < -0.4 is 10.6 Å². The number of nitrogen functional groups attached to an aromatic ring is 1. The van der Waals surface area contributed by atoms with Crippen molar-refractivity contribution >= 4 is 23.3 Å². The summed E-state index contributed by atoms with van der Waals surface area (Å²) in [5, 5.41) is 8.89. The van der Waals surface area contributed by atoms with Crippen molar-refractivity contribution in [3.8, 4) is 0 Å². The number of rotatable bonds is 3. The Bertz CT molecular complexity index is 544. The molecule has 0 spiro atoms. The van der Waals surface area contributed by atoms with Crippen LogP contribution >= 0.6 is 0 Å². The Morgan fingerprint density at radius 1 is 1.40 bits per heavy atom. The number of likely N-dealkylation sites (N-methyl/N-ethyl adjacent to an activating group) is 1. The molecule has 0 saturated carbocycles. The lowest BCUT2D eigenvalue weighted by molar-refractivity contribution is -0.128. The largest absolute Gasteiger partial charge is 0.478 e. The summed E-state index contributed by atoms with van der Waals surface area (Å²) in [7, 11) is 1.61. The Labute approximate surface area is 117 Å². The number of hydrogen-bond donors (Lipinski definition) is 2. The van der Waals surface area contributed by atoms with Gasteiger partial charge in [-0.05, 0) is 38.0 Å². The molecule has 0 radical (unpaired) electrons. The van der Waals surface area contributed by atoms with Crippen molar-refractivity contribution < 1.29 is 19.4 Å². The predicted octanol–water partition coefficient (Wildman–Crippen LogP) is 1.50. The van der Waals surface area contributed by atoms with Gasteiger partial charge in [-0.25, -0.2) is 4.79 Å². The summed E-state index contributed by atoms with van der Waals surface area (Å²) in [6.07, 6.45) is 1.19. The maximum atomic E-state index is 12.3. The smallest absolute Gasteiger partial charge is 0.335 e. The summed E-state index contributed by atoms with van der Waals surface area (Å²) in [5.41, 5.74) is 6.67. The number of carbonyl (C=O) groups excluding carboxylic acids is 1. The molecule has 0 aromatic heterocycles. The second-order valence-electron chi connectivity index (χ2n) is 4.99. The molecule has 1 aliphatic rings. The van der Waals surface area contributed by atoms with Crippen LogP contribution in [-0.2, 0) is 9.53 Å². The number of carbonyl (C=O) groups is 2. The van der Waals surface area contributed by atoms with E-state index in [9.17, 15) is 9.59 Å². The van der Waals surface area contributed by atoms with E-state index in [2.05, 4.69) is 0 Å². The van der Waals surface area contributed by atoms with Crippen LogP contribution in [0.2, 0.25) is 0 Å². The molecule has 1 aromatic rings. The van der Waals surface area contributed by atoms with Crippen LogP contribution in [0, 0.1) is 0 Å². The Balaban J connectivity index is 2.18. The topological polar surface area (TPSA) is 92.9 Å². The number of benzene rings is 1. The van der Waals surface area contributed by atoms with Gasteiger partial charge in [-0.1, -0.05) is 0 Å². The fourth-order valence-corrected chi connectivity index (χ4v) is 2.31. The minimum Gasteiger partial charge on any atom is -0.478 e. The first-order valence-corrected chi connectivity index (χ1v) is 6.46. The highest BCUT2D eigenvalue weighted by Crippen LogP contribution is 2.27. The number of nitrogens with two attached hydrogens (primary N) is 1. The van der Waals surface area contributed by atoms with Crippen molar-refractivity contribution in [2.45, 2.75) is 32.0 Å². The molecular weight excluding hydrogens is 260 g/mol. The lowest BCUT2D eigenvalue weighted by atomic mass is 10.1. The quantitative estimate of drug-likeness (QED) is 0.817. The zero-order chi connectivity index (χ0) is 14.9. The van der Waals surface area contributed by atoms with Crippen LogP contribution in [0.4, 0.5) is 11.4 Å². The van der Waals surface area contributed by atoms with Gasteiger partial charge in [0.05, 0.1) is 23.0 Å². The first-order valence-electron chi connectivity index (χ1n) is 6.46. The molecule has 2 atom stereocenters. The molecule has 1 fully saturated rings. The summed E-state index contributed by atoms with van der Waals surface area (Å²) in [6, 6.07) is 4.31. The summed E-state index contributed by atoms with van der Waals surface area (Å²) in [4.78, 5) is 24.6. The monoisotopic (exact) mass is 278 g/mol. The van der Waals surface area contributed by atoms with Gasteiger partial charge >= 0.3 is 5.97 Å². The number of ether oxygens (including phenoxy) is 1. The van der Waals surface area contributed by atoms with Crippen molar-refractivity contribution in [2.24, 2.45) is 0 Å². The first-order chi connectivity index (χ1) is 9.40. The van der Waals surface area contributed by atoms with Gasteiger partial charge in [0.25, 0.3) is 5.91 Å². The maximum absolute atomic E-state index is 12.3. The van der Waals surface area contributed by atoms with Crippen molar-refractivity contribution in [2.75, 3.05) is 17.7 Å². The molecule has 20 heavy (non-hydrogen) atoms. The highest BCUT2D eigenvalue weighted by molar-refractivity contribution is 6.00. The highest BCUT2D eigenvalue weighted by atomic mass is 16.5. The average molecular weight is 278 g/mol. The van der Waals surface area contributed by atoms with Crippen molar-refractivity contribution in [1.82, 2.24) is 0 Å². The highest BCUT2D eigenvalue weighted by Gasteiger charge is 2.31. The molecule has 6 heteroatoms. The Morgan fingerprint density at radius 2 is 2.10 bits per heavy atom. The number of aromatic carboxylic acids is 1. The average Bonchev–Trinajstić information content (AvgIpc) is 2.83. The first kappa shape index (κ1) is 14.3. The third kappa shape index (κ3) is 2.75. The van der Waals surface area contributed by atoms with E-state index in [1.165, 1.54) is 23.1 Å². The summed E-state index contributed by atoms with van der Waals surface area (Å²) in [5.74, 6) is -1.21. The fourth-order valence-electron chi connectivity index (χ4n) is 2.31. The number of amides is 1. The normalized spacial score (nSPS) is 21.7. The van der Waals surface area contributed by atoms with Crippen molar-refractivity contribution in [3.63, 3.8) is 0 Å². The molecule has 0 bridgehead atoms. The number of nitrogens with zero attached hydrogens (tertiary/aromatic N) is 1. The molecule has 108 valence electrons. The lowest BCUT2D eigenvalue weighted by Crippen LogP contribution is -2.36. The van der Waals surface area contributed by atoms with E-state index in [-0.39, 0.29) is 23.3 Å². The molecule has 6 nitrogen and oxygen atoms in total. The van der Waals surface area contributed by atoms with Crippen molar-refractivity contribution in [1.29, 1.82) is 0 Å². The van der Waals surface area contributed by atoms with E-state index >= 15 is 0 Å². The summed E-state index contributed by atoms with van der Waals surface area (Å²) in [6.45, 7) is 1.93. The lowest BCUT2D eigenvalue weighted by Gasteiger charge is -2.22. The van der Waals surface area contributed by atoms with E-state index in [1.807, 2.05) is 6.92 Å². The molecule has 1 aromatic carbocycles. The van der Waals surface area contributed by atoms with E-state index in [0.717, 1.165) is 6.42 Å².